The number of hydrogen-bond donors (Lipinski definition) is 0. The Balaban J connectivity index is 1.42. The molecule has 0 aliphatic rings. The topological polar surface area (TPSA) is 82.8 Å². The number of ketones is 1. The van der Waals surface area contributed by atoms with E-state index in [1.54, 1.807) is 4.52 Å². The number of aromatic nitrogens is 3. The fraction of sp³-hybridized carbons (Fsp3) is 0.250. The van der Waals surface area contributed by atoms with Crippen molar-refractivity contribution in [3.05, 3.63) is 70.8 Å². The molecular formula is C24H22FN3O4. The maximum Gasteiger partial charge on any atom is 0.306 e. The average Bonchev–Trinajstić information content (AvgIpc) is 3.16. The highest BCUT2D eigenvalue weighted by molar-refractivity contribution is 5.98. The second-order valence-corrected chi connectivity index (χ2v) is 7.45. The number of ether oxygens (including phenoxy) is 2. The van der Waals surface area contributed by atoms with Gasteiger partial charge < -0.3 is 9.47 Å². The number of Topliss-reactive ketones (excluding diaryl/α,β-unsaturated/α-hetero) is 1. The van der Waals surface area contributed by atoms with Crippen LogP contribution in [0, 0.1) is 19.7 Å². The maximum absolute atomic E-state index is 13.8. The molecule has 0 saturated carbocycles. The number of aryl methyl sites for hydroxylation is 2. The Morgan fingerprint density at radius 1 is 1.12 bits per heavy atom. The molecule has 2 heterocycles. The van der Waals surface area contributed by atoms with Crippen LogP contribution < -0.4 is 4.74 Å². The Morgan fingerprint density at radius 3 is 2.66 bits per heavy atom. The monoisotopic (exact) mass is 435 g/mol. The summed E-state index contributed by atoms with van der Waals surface area (Å²) in [5.41, 5.74) is 4.38. The van der Waals surface area contributed by atoms with Crippen molar-refractivity contribution < 1.29 is 23.5 Å². The molecule has 7 nitrogen and oxygen atoms in total. The van der Waals surface area contributed by atoms with E-state index < -0.39 is 24.2 Å². The van der Waals surface area contributed by atoms with Crippen LogP contribution in [0.25, 0.3) is 16.6 Å². The van der Waals surface area contributed by atoms with Gasteiger partial charge in [-0.2, -0.15) is 5.10 Å². The molecule has 0 saturated heterocycles. The van der Waals surface area contributed by atoms with Crippen LogP contribution in [0.3, 0.4) is 0 Å². The molecule has 32 heavy (non-hydrogen) atoms. The number of halogens is 1. The van der Waals surface area contributed by atoms with E-state index in [2.05, 4.69) is 10.1 Å². The highest BCUT2D eigenvalue weighted by atomic mass is 19.1. The van der Waals surface area contributed by atoms with Gasteiger partial charge in [0, 0.05) is 28.8 Å². The summed E-state index contributed by atoms with van der Waals surface area (Å²) in [7, 11) is 1.34. The molecule has 0 aliphatic heterocycles. The summed E-state index contributed by atoms with van der Waals surface area (Å²) in [5.74, 6) is -1.61. The number of nitrogens with zero attached hydrogens (tertiary/aromatic N) is 3. The molecule has 0 N–H and O–H groups in total. The first-order valence-corrected chi connectivity index (χ1v) is 10.1. The molecule has 2 aromatic heterocycles. The van der Waals surface area contributed by atoms with Crippen LogP contribution >= 0.6 is 0 Å². The minimum absolute atomic E-state index is 0.0416. The molecule has 0 radical (unpaired) electrons. The molecule has 0 atom stereocenters. The van der Waals surface area contributed by atoms with Crippen molar-refractivity contribution in [1.82, 2.24) is 14.6 Å². The number of benzene rings is 2. The number of carbonyl (C=O) groups excluding carboxylic acids is 2. The summed E-state index contributed by atoms with van der Waals surface area (Å²) in [6.07, 6.45) is 0.487. The van der Waals surface area contributed by atoms with Crippen LogP contribution in [0.5, 0.6) is 5.75 Å². The van der Waals surface area contributed by atoms with Gasteiger partial charge in [-0.05, 0) is 56.2 Å². The summed E-state index contributed by atoms with van der Waals surface area (Å²) < 4.78 is 25.5. The molecule has 0 spiro atoms. The summed E-state index contributed by atoms with van der Waals surface area (Å²) in [6, 6.07) is 11.6. The normalized spacial score (nSPS) is 11.1. The lowest BCUT2D eigenvalue weighted by Gasteiger charge is -2.11. The number of methoxy groups -OCH3 is 1. The fourth-order valence-electron chi connectivity index (χ4n) is 3.71. The van der Waals surface area contributed by atoms with Crippen molar-refractivity contribution in [2.24, 2.45) is 0 Å². The molecule has 164 valence electrons. The van der Waals surface area contributed by atoms with E-state index in [4.69, 9.17) is 9.47 Å². The van der Waals surface area contributed by atoms with Crippen molar-refractivity contribution in [1.29, 1.82) is 0 Å². The van der Waals surface area contributed by atoms with Gasteiger partial charge in [0.25, 0.3) is 0 Å². The van der Waals surface area contributed by atoms with Crippen LogP contribution in [0.15, 0.2) is 42.5 Å². The van der Waals surface area contributed by atoms with Gasteiger partial charge in [0.2, 0.25) is 0 Å². The van der Waals surface area contributed by atoms with Crippen LogP contribution in [0.4, 0.5) is 4.39 Å². The second kappa shape index (κ2) is 8.74. The zero-order valence-corrected chi connectivity index (χ0v) is 18.0. The first-order chi connectivity index (χ1) is 15.4. The van der Waals surface area contributed by atoms with Gasteiger partial charge in [-0.25, -0.2) is 13.9 Å². The predicted octanol–water partition coefficient (Wildman–Crippen LogP) is 4.01. The number of fused-ring (bicyclic) bond motifs is 3. The summed E-state index contributed by atoms with van der Waals surface area (Å²) in [5, 5.41) is 5.58. The minimum atomic E-state index is -0.648. The highest BCUT2D eigenvalue weighted by Gasteiger charge is 2.17. The molecule has 4 rings (SSSR count). The minimum Gasteiger partial charge on any atom is -0.494 e. The summed E-state index contributed by atoms with van der Waals surface area (Å²) in [4.78, 5) is 29.1. The van der Waals surface area contributed by atoms with E-state index >= 15 is 0 Å². The van der Waals surface area contributed by atoms with Crippen LogP contribution in [0.2, 0.25) is 0 Å². The smallest absolute Gasteiger partial charge is 0.306 e. The number of carbonyl (C=O) groups is 2. The van der Waals surface area contributed by atoms with E-state index in [1.807, 2.05) is 38.1 Å². The third-order valence-electron chi connectivity index (χ3n) is 5.44. The van der Waals surface area contributed by atoms with Crippen molar-refractivity contribution >= 4 is 28.3 Å². The molecule has 8 heteroatoms. The standard InChI is InChI=1S/C24H22FN3O4/c1-14-17(15(2)28-24(26-14)18-6-4-5-7-20(18)27-28)9-11-23(30)32-13-21(29)16-8-10-22(31-3)19(25)12-16/h4-8,10,12H,9,11,13H2,1-3H3. The zero-order chi connectivity index (χ0) is 22.8. The van der Waals surface area contributed by atoms with Crippen LogP contribution in [-0.2, 0) is 16.0 Å². The SMILES string of the molecule is COc1ccc(C(=O)COC(=O)CCc2c(C)nc3c4ccccc4nn3c2C)cc1F. The number of hydrogen-bond acceptors (Lipinski definition) is 6. The van der Waals surface area contributed by atoms with E-state index in [0.717, 1.165) is 39.6 Å². The van der Waals surface area contributed by atoms with Crippen molar-refractivity contribution in [3.8, 4) is 5.75 Å². The lowest BCUT2D eigenvalue weighted by molar-refractivity contribution is -0.142. The van der Waals surface area contributed by atoms with Crippen molar-refractivity contribution in [2.75, 3.05) is 13.7 Å². The Morgan fingerprint density at radius 2 is 1.91 bits per heavy atom. The first-order valence-electron chi connectivity index (χ1n) is 10.1. The number of rotatable bonds is 7. The van der Waals surface area contributed by atoms with Gasteiger partial charge in [0.05, 0.1) is 12.6 Å². The Labute approximate surface area is 183 Å². The quantitative estimate of drug-likeness (QED) is 0.322. The molecule has 0 amide bonds. The zero-order valence-electron chi connectivity index (χ0n) is 18.0. The van der Waals surface area contributed by atoms with Gasteiger partial charge in [-0.1, -0.05) is 12.1 Å². The van der Waals surface area contributed by atoms with E-state index in [0.29, 0.717) is 6.42 Å². The lowest BCUT2D eigenvalue weighted by Crippen LogP contribution is -2.15. The van der Waals surface area contributed by atoms with E-state index in [-0.39, 0.29) is 17.7 Å². The Hall–Kier alpha value is -3.81. The van der Waals surface area contributed by atoms with Gasteiger partial charge in [0.1, 0.15) is 0 Å². The lowest BCUT2D eigenvalue weighted by atomic mass is 10.1. The van der Waals surface area contributed by atoms with Crippen LogP contribution in [-0.4, -0.2) is 40.1 Å². The maximum atomic E-state index is 13.8. The summed E-state index contributed by atoms with van der Waals surface area (Å²) >= 11 is 0. The highest BCUT2D eigenvalue weighted by Crippen LogP contribution is 2.23. The van der Waals surface area contributed by atoms with E-state index in [9.17, 15) is 14.0 Å². The largest absolute Gasteiger partial charge is 0.494 e. The Kier molecular flexibility index (Phi) is 5.85. The summed E-state index contributed by atoms with van der Waals surface area (Å²) in [6.45, 7) is 3.39. The number of esters is 1. The Bertz CT molecular complexity index is 1350. The predicted molar refractivity (Wildman–Crippen MR) is 117 cm³/mol. The van der Waals surface area contributed by atoms with Crippen molar-refractivity contribution in [3.63, 3.8) is 0 Å². The second-order valence-electron chi connectivity index (χ2n) is 7.45. The average molecular weight is 435 g/mol. The first kappa shape index (κ1) is 21.4. The molecule has 0 bridgehead atoms. The molecular weight excluding hydrogens is 413 g/mol. The fourth-order valence-corrected chi connectivity index (χ4v) is 3.71. The van der Waals surface area contributed by atoms with Gasteiger partial charge in [-0.3, -0.25) is 9.59 Å². The molecule has 4 aromatic rings. The molecule has 0 aliphatic carbocycles. The third kappa shape index (κ3) is 4.03. The van der Waals surface area contributed by atoms with Gasteiger partial charge >= 0.3 is 5.97 Å². The molecule has 0 fully saturated rings. The van der Waals surface area contributed by atoms with Crippen molar-refractivity contribution in [2.45, 2.75) is 26.7 Å². The molecule has 2 aromatic carbocycles. The molecule has 0 unspecified atom stereocenters. The van der Waals surface area contributed by atoms with Gasteiger partial charge in [0.15, 0.2) is 29.6 Å². The van der Waals surface area contributed by atoms with Gasteiger partial charge in [-0.15, -0.1) is 0 Å². The third-order valence-corrected chi connectivity index (χ3v) is 5.44. The van der Waals surface area contributed by atoms with Crippen LogP contribution in [0.1, 0.15) is 33.7 Å². The van der Waals surface area contributed by atoms with E-state index in [1.165, 1.54) is 19.2 Å².